The van der Waals surface area contributed by atoms with E-state index in [0.29, 0.717) is 11.0 Å². The van der Waals surface area contributed by atoms with Crippen molar-refractivity contribution in [3.8, 4) is 0 Å². The van der Waals surface area contributed by atoms with Gasteiger partial charge in [0.05, 0.1) is 0 Å². The molecule has 0 aromatic carbocycles. The first-order valence-corrected chi connectivity index (χ1v) is 11.2. The molecule has 0 bridgehead atoms. The predicted octanol–water partition coefficient (Wildman–Crippen LogP) is 5.66. The Hall–Kier alpha value is 0.137. The summed E-state index contributed by atoms with van der Waals surface area (Å²) < 4.78 is 13.1. The molecule has 2 atom stereocenters. The minimum atomic E-state index is -2.11. The van der Waals surface area contributed by atoms with Crippen molar-refractivity contribution in [2.45, 2.75) is 90.6 Å². The third-order valence-electron chi connectivity index (χ3n) is 6.37. The molecular formula is C18H36O2Si. The summed E-state index contributed by atoms with van der Waals surface area (Å²) in [7, 11) is -2.11. The third-order valence-corrected chi connectivity index (χ3v) is 11.4. The highest BCUT2D eigenvalue weighted by atomic mass is 28.4. The molecule has 0 aliphatic heterocycles. The predicted molar refractivity (Wildman–Crippen MR) is 91.8 cm³/mol. The molecule has 2 aliphatic carbocycles. The Bertz CT molecular complexity index is 317. The molecule has 3 heteroatoms. The van der Waals surface area contributed by atoms with Gasteiger partial charge < -0.3 is 8.85 Å². The second-order valence-corrected chi connectivity index (χ2v) is 11.4. The van der Waals surface area contributed by atoms with Crippen LogP contribution in [0.2, 0.25) is 11.1 Å². The number of hydrogen-bond donors (Lipinski definition) is 0. The van der Waals surface area contributed by atoms with Gasteiger partial charge in [-0.3, -0.25) is 0 Å². The highest BCUT2D eigenvalue weighted by Gasteiger charge is 2.58. The quantitative estimate of drug-likeness (QED) is 0.589. The van der Waals surface area contributed by atoms with Crippen LogP contribution in [-0.2, 0) is 8.85 Å². The summed E-state index contributed by atoms with van der Waals surface area (Å²) in [6.07, 6.45) is 9.50. The second kappa shape index (κ2) is 7.14. The van der Waals surface area contributed by atoms with Crippen LogP contribution >= 0.6 is 0 Å². The van der Waals surface area contributed by atoms with Crippen LogP contribution < -0.4 is 0 Å². The molecule has 2 unspecified atom stereocenters. The molecule has 2 rings (SSSR count). The molecule has 0 N–H and O–H groups in total. The maximum absolute atomic E-state index is 6.57. The van der Waals surface area contributed by atoms with Crippen LogP contribution in [0.1, 0.15) is 79.6 Å². The average molecular weight is 313 g/mol. The molecule has 0 aromatic heterocycles. The van der Waals surface area contributed by atoms with Crippen molar-refractivity contribution in [3.05, 3.63) is 0 Å². The first kappa shape index (κ1) is 17.5. The SMILES string of the molecule is CCO[Si](OCC)(C1CCCCC1)C1CCC(C)(C)C1C. The number of hydrogen-bond acceptors (Lipinski definition) is 2. The van der Waals surface area contributed by atoms with E-state index in [1.807, 2.05) is 0 Å². The van der Waals surface area contributed by atoms with E-state index in [1.165, 1.54) is 44.9 Å². The summed E-state index contributed by atoms with van der Waals surface area (Å²) >= 11 is 0. The van der Waals surface area contributed by atoms with E-state index in [-0.39, 0.29) is 0 Å². The fourth-order valence-electron chi connectivity index (χ4n) is 4.85. The zero-order chi connectivity index (χ0) is 15.5. The molecule has 2 saturated carbocycles. The maximum atomic E-state index is 6.57. The van der Waals surface area contributed by atoms with Gasteiger partial charge in [-0.15, -0.1) is 0 Å². The van der Waals surface area contributed by atoms with Gasteiger partial charge in [0.15, 0.2) is 0 Å². The van der Waals surface area contributed by atoms with E-state index in [9.17, 15) is 0 Å². The fraction of sp³-hybridized carbons (Fsp3) is 1.00. The molecular weight excluding hydrogens is 276 g/mol. The van der Waals surface area contributed by atoms with Crippen molar-refractivity contribution in [2.24, 2.45) is 11.3 Å². The first-order valence-electron chi connectivity index (χ1n) is 9.25. The Morgan fingerprint density at radius 1 is 0.952 bits per heavy atom. The van der Waals surface area contributed by atoms with Crippen LogP contribution in [0.3, 0.4) is 0 Å². The Kier molecular flexibility index (Phi) is 5.95. The summed E-state index contributed by atoms with van der Waals surface area (Å²) in [6.45, 7) is 13.3. The lowest BCUT2D eigenvalue weighted by molar-refractivity contribution is 0.141. The molecule has 0 aromatic rings. The lowest BCUT2D eigenvalue weighted by atomic mass is 9.83. The number of rotatable bonds is 6. The minimum Gasteiger partial charge on any atom is -0.394 e. The zero-order valence-electron chi connectivity index (χ0n) is 14.9. The van der Waals surface area contributed by atoms with Crippen molar-refractivity contribution in [2.75, 3.05) is 13.2 Å². The van der Waals surface area contributed by atoms with E-state index < -0.39 is 8.56 Å². The Morgan fingerprint density at radius 2 is 1.52 bits per heavy atom. The first-order chi connectivity index (χ1) is 9.98. The van der Waals surface area contributed by atoms with Crippen LogP contribution in [0.4, 0.5) is 0 Å². The summed E-state index contributed by atoms with van der Waals surface area (Å²) in [5, 5.41) is 0. The molecule has 2 fully saturated rings. The summed E-state index contributed by atoms with van der Waals surface area (Å²) in [5.74, 6) is 0.726. The van der Waals surface area contributed by atoms with Crippen molar-refractivity contribution >= 4 is 8.56 Å². The van der Waals surface area contributed by atoms with Gasteiger partial charge in [0.25, 0.3) is 0 Å². The van der Waals surface area contributed by atoms with Gasteiger partial charge in [-0.1, -0.05) is 40.0 Å². The Morgan fingerprint density at radius 3 is 1.95 bits per heavy atom. The van der Waals surface area contributed by atoms with Gasteiger partial charge in [-0.2, -0.15) is 0 Å². The van der Waals surface area contributed by atoms with Crippen molar-refractivity contribution in [1.82, 2.24) is 0 Å². The van der Waals surface area contributed by atoms with E-state index in [2.05, 4.69) is 34.6 Å². The normalized spacial score (nSPS) is 30.7. The molecule has 2 aliphatic rings. The molecule has 0 saturated heterocycles. The minimum absolute atomic E-state index is 0.450. The van der Waals surface area contributed by atoms with Gasteiger partial charge in [0.1, 0.15) is 0 Å². The smallest absolute Gasteiger partial charge is 0.344 e. The van der Waals surface area contributed by atoms with Gasteiger partial charge in [0.2, 0.25) is 0 Å². The Labute approximate surface area is 133 Å². The van der Waals surface area contributed by atoms with Gasteiger partial charge in [0, 0.05) is 24.3 Å². The molecule has 0 radical (unpaired) electrons. The molecule has 0 heterocycles. The molecule has 0 spiro atoms. The van der Waals surface area contributed by atoms with E-state index in [1.54, 1.807) is 0 Å². The van der Waals surface area contributed by atoms with Crippen LogP contribution in [0.15, 0.2) is 0 Å². The topological polar surface area (TPSA) is 18.5 Å². The summed E-state index contributed by atoms with van der Waals surface area (Å²) in [4.78, 5) is 0. The average Bonchev–Trinajstić information content (AvgIpc) is 2.74. The van der Waals surface area contributed by atoms with E-state index >= 15 is 0 Å². The van der Waals surface area contributed by atoms with Crippen LogP contribution in [0.25, 0.3) is 0 Å². The summed E-state index contributed by atoms with van der Waals surface area (Å²) in [5.41, 5.74) is 1.87. The van der Waals surface area contributed by atoms with Crippen molar-refractivity contribution < 1.29 is 8.85 Å². The third kappa shape index (κ3) is 3.40. The molecule has 21 heavy (non-hydrogen) atoms. The monoisotopic (exact) mass is 312 g/mol. The molecule has 2 nitrogen and oxygen atoms in total. The van der Waals surface area contributed by atoms with Gasteiger partial charge in [-0.05, 0) is 50.9 Å². The van der Waals surface area contributed by atoms with Crippen molar-refractivity contribution in [3.63, 3.8) is 0 Å². The second-order valence-electron chi connectivity index (χ2n) is 7.84. The molecule has 0 amide bonds. The van der Waals surface area contributed by atoms with Crippen LogP contribution in [-0.4, -0.2) is 21.8 Å². The fourth-order valence-corrected chi connectivity index (χ4v) is 10.2. The standard InChI is InChI=1S/C18H36O2Si/c1-6-19-21(20-7-2,16-11-9-8-10-12-16)17-13-14-18(4,5)15(17)3/h15-17H,6-14H2,1-5H3. The summed E-state index contributed by atoms with van der Waals surface area (Å²) in [6, 6.07) is 0. The van der Waals surface area contributed by atoms with E-state index in [4.69, 9.17) is 8.85 Å². The van der Waals surface area contributed by atoms with Crippen LogP contribution in [0, 0.1) is 11.3 Å². The molecule has 124 valence electrons. The lowest BCUT2D eigenvalue weighted by Crippen LogP contribution is -2.53. The zero-order valence-corrected chi connectivity index (χ0v) is 15.9. The van der Waals surface area contributed by atoms with Crippen molar-refractivity contribution in [1.29, 1.82) is 0 Å². The highest BCUT2D eigenvalue weighted by molar-refractivity contribution is 6.70. The van der Waals surface area contributed by atoms with E-state index in [0.717, 1.165) is 24.7 Å². The van der Waals surface area contributed by atoms with Crippen LogP contribution in [0.5, 0.6) is 0 Å². The van der Waals surface area contributed by atoms with Gasteiger partial charge in [-0.25, -0.2) is 0 Å². The van der Waals surface area contributed by atoms with Gasteiger partial charge >= 0.3 is 8.56 Å². The highest BCUT2D eigenvalue weighted by Crippen LogP contribution is 2.58. The maximum Gasteiger partial charge on any atom is 0.344 e. The Balaban J connectivity index is 2.29. The lowest BCUT2D eigenvalue weighted by Gasteiger charge is -2.45. The largest absolute Gasteiger partial charge is 0.394 e.